The highest BCUT2D eigenvalue weighted by Gasteiger charge is 2.84. The molecule has 2 saturated carbocycles. The summed E-state index contributed by atoms with van der Waals surface area (Å²) >= 11 is 0. The van der Waals surface area contributed by atoms with E-state index in [1.807, 2.05) is 0 Å². The Hall–Kier alpha value is -1.88. The summed E-state index contributed by atoms with van der Waals surface area (Å²) in [6.45, 7) is 26.0. The van der Waals surface area contributed by atoms with Crippen molar-refractivity contribution >= 4 is 25.1 Å². The van der Waals surface area contributed by atoms with Crippen LogP contribution in [0.5, 0.6) is 0 Å². The molecule has 0 radical (unpaired) electrons. The third-order valence-corrected chi connectivity index (χ3v) is 20.4. The third kappa shape index (κ3) is 5.96. The molecule has 65 heavy (non-hydrogen) atoms. The summed E-state index contributed by atoms with van der Waals surface area (Å²) in [4.78, 5) is 53.0. The zero-order valence-electron chi connectivity index (χ0n) is 42.5. The summed E-state index contributed by atoms with van der Waals surface area (Å²) in [6, 6.07) is 0. The van der Waals surface area contributed by atoms with E-state index in [4.69, 9.17) is 28.4 Å². The molecule has 4 aliphatic rings. The van der Waals surface area contributed by atoms with Crippen LogP contribution < -0.4 is 0 Å². The fourth-order valence-electron chi connectivity index (χ4n) is 12.2. The highest BCUT2D eigenvalue weighted by Crippen LogP contribution is 2.68. The Bertz CT molecular complexity index is 1960. The Balaban J connectivity index is 1.93. The van der Waals surface area contributed by atoms with Crippen molar-refractivity contribution in [2.45, 2.75) is 247 Å². The molecule has 0 aromatic rings. The van der Waals surface area contributed by atoms with Crippen LogP contribution in [-0.2, 0) is 47.6 Å². The van der Waals surface area contributed by atoms with Gasteiger partial charge in [-0.05, 0) is 131 Å². The number of hydrogen-bond acceptors (Lipinski definition) is 18. The predicted molar refractivity (Wildman–Crippen MR) is 232 cm³/mol. The number of aldehydes is 4. The lowest BCUT2D eigenvalue weighted by Gasteiger charge is -2.73. The van der Waals surface area contributed by atoms with Crippen molar-refractivity contribution in [1.82, 2.24) is 0 Å². The van der Waals surface area contributed by atoms with E-state index in [0.29, 0.717) is 18.9 Å². The molecule has 2 heterocycles. The molecule has 4 rings (SSSR count). The molecule has 0 aromatic carbocycles. The first-order valence-electron chi connectivity index (χ1n) is 22.1. The lowest BCUT2D eigenvalue weighted by atomic mass is 9.44. The second-order valence-corrected chi connectivity index (χ2v) is 23.7. The molecule has 8 unspecified atom stereocenters. The van der Waals surface area contributed by atoms with E-state index in [-0.39, 0.29) is 12.7 Å². The van der Waals surface area contributed by atoms with Gasteiger partial charge >= 0.3 is 0 Å². The van der Waals surface area contributed by atoms with E-state index < -0.39 is 119 Å². The molecule has 0 spiro atoms. The monoisotopic (exact) mass is 933 g/mol. The van der Waals surface area contributed by atoms with Gasteiger partial charge in [0, 0.05) is 17.9 Å². The van der Waals surface area contributed by atoms with Gasteiger partial charge in [0.05, 0.1) is 22.2 Å². The summed E-state index contributed by atoms with van der Waals surface area (Å²) in [6.07, 6.45) is -0.863. The Morgan fingerprint density at radius 1 is 0.446 bits per heavy atom. The number of carbonyl (C=O) groups excluding carboxylic acids is 4. The predicted octanol–water partition coefficient (Wildman–Crippen LogP) is 1.75. The normalized spacial score (nSPS) is 60.5. The van der Waals surface area contributed by atoms with Crippen LogP contribution in [-0.4, -0.2) is 169 Å². The van der Waals surface area contributed by atoms with Crippen molar-refractivity contribution in [1.29, 1.82) is 0 Å². The first-order chi connectivity index (χ1) is 28.4. The average Bonchev–Trinajstić information content (AvgIpc) is 3.16. The largest absolute Gasteiger partial charge is 0.386 e. The molecule has 0 aromatic heterocycles. The Labute approximate surface area is 383 Å². The SMILES string of the molecule is CO[C@@]1(C)OC(C=O)[C@@](C)(O[C@@]2(C)CC(C)(C=O)[C@@](C)(O[C@@]3(C)OC(C)(C=O)[C@@](C)(O[C@@]4(C)CC(C)(C=O)C(C)(C)[C@](C)(O)C4(C)O)[C@](C)(O)C3(C)O)[C@](C)(O)C2(C)O)[C@](C)(O)C1(C)O. The lowest BCUT2D eigenvalue weighted by molar-refractivity contribution is -0.498. The summed E-state index contributed by atoms with van der Waals surface area (Å²) in [5.74, 6) is -4.62. The fourth-order valence-corrected chi connectivity index (χ4v) is 12.2. The molecule has 19 atom stereocenters. The van der Waals surface area contributed by atoms with Gasteiger partial charge in [0.2, 0.25) is 0 Å². The number of rotatable bonds is 11. The van der Waals surface area contributed by atoms with Crippen LogP contribution in [0.15, 0.2) is 0 Å². The lowest BCUT2D eigenvalue weighted by Crippen LogP contribution is -2.90. The second kappa shape index (κ2) is 14.4. The number of hydrogen-bond donors (Lipinski definition) is 8. The minimum Gasteiger partial charge on any atom is -0.386 e. The average molecular weight is 933 g/mol. The van der Waals surface area contributed by atoms with Gasteiger partial charge in [-0.25, -0.2) is 0 Å². The van der Waals surface area contributed by atoms with E-state index in [1.54, 1.807) is 20.8 Å². The van der Waals surface area contributed by atoms with Crippen LogP contribution in [0.2, 0.25) is 0 Å². The standard InChI is InChI=1S/C47H80O18/c1-29(2)30(3,25-49)23-33(6,37(10,53)36(29,9)52)63-45(18)34(7,27-51)64-47(20,43(16,59)41(45,14)57)65-44(17)31(4,26-50)24-32(5,38(11,54)40(44,13)56)62-35(8)28(22-48)61-46(19,60-21)42(15,58)39(35,12)55/h22,25-28,52-59H,23-24H2,1-21H3/t28?,30?,31?,32-,33-,34?,35+,36-,37?,38?,39-,40+,41+,42?,43?,44+,45+,46-,47+/m0/s1. The van der Waals surface area contributed by atoms with Gasteiger partial charge in [0.25, 0.3) is 0 Å². The van der Waals surface area contributed by atoms with Gasteiger partial charge < -0.3 is 88.5 Å². The number of carbonyl (C=O) groups is 4. The van der Waals surface area contributed by atoms with Crippen molar-refractivity contribution in [3.8, 4) is 0 Å². The van der Waals surface area contributed by atoms with Crippen LogP contribution in [0.1, 0.15) is 151 Å². The van der Waals surface area contributed by atoms with Crippen molar-refractivity contribution in [3.05, 3.63) is 0 Å². The minimum absolute atomic E-state index is 0.262. The summed E-state index contributed by atoms with van der Waals surface area (Å²) in [7, 11) is 1.20. The van der Waals surface area contributed by atoms with E-state index >= 15 is 0 Å². The number of ether oxygens (including phenoxy) is 6. The molecule has 0 amide bonds. The first kappa shape index (κ1) is 55.7. The molecule has 18 nitrogen and oxygen atoms in total. The molecular weight excluding hydrogens is 852 g/mol. The maximum Gasteiger partial charge on any atom is 0.199 e. The van der Waals surface area contributed by atoms with Gasteiger partial charge in [-0.3, -0.25) is 0 Å². The Kier molecular flexibility index (Phi) is 12.3. The van der Waals surface area contributed by atoms with E-state index in [1.165, 1.54) is 90.2 Å². The van der Waals surface area contributed by atoms with Crippen molar-refractivity contribution in [3.63, 3.8) is 0 Å². The minimum atomic E-state index is -2.75. The van der Waals surface area contributed by atoms with E-state index in [2.05, 4.69) is 0 Å². The highest BCUT2D eigenvalue weighted by molar-refractivity contribution is 5.67. The van der Waals surface area contributed by atoms with Crippen LogP contribution in [0.25, 0.3) is 0 Å². The van der Waals surface area contributed by atoms with Gasteiger partial charge in [0.1, 0.15) is 74.7 Å². The topological polar surface area (TPSA) is 286 Å². The molecule has 0 bridgehead atoms. The Morgan fingerprint density at radius 2 is 0.846 bits per heavy atom. The quantitative estimate of drug-likeness (QED) is 0.137. The smallest absolute Gasteiger partial charge is 0.199 e. The third-order valence-electron chi connectivity index (χ3n) is 20.4. The molecule has 2 saturated heterocycles. The fraction of sp³-hybridized carbons (Fsp3) is 0.915. The molecule has 376 valence electrons. The maximum atomic E-state index is 13.7. The van der Waals surface area contributed by atoms with Gasteiger partial charge in [-0.1, -0.05) is 20.8 Å². The molecule has 4 fully saturated rings. The summed E-state index contributed by atoms with van der Waals surface area (Å²) < 4.78 is 38.2. The number of aliphatic hydroxyl groups is 8. The molecule has 18 heteroatoms. The molecule has 2 aliphatic heterocycles. The van der Waals surface area contributed by atoms with E-state index in [0.717, 1.165) is 34.6 Å². The highest BCUT2D eigenvalue weighted by atomic mass is 16.8. The molecule has 2 aliphatic carbocycles. The zero-order chi connectivity index (χ0) is 51.6. The van der Waals surface area contributed by atoms with Crippen LogP contribution >= 0.6 is 0 Å². The summed E-state index contributed by atoms with van der Waals surface area (Å²) in [5.41, 5.74) is -38.1. The van der Waals surface area contributed by atoms with Crippen molar-refractivity contribution in [2.24, 2.45) is 16.2 Å². The van der Waals surface area contributed by atoms with Gasteiger partial charge in [-0.2, -0.15) is 0 Å². The van der Waals surface area contributed by atoms with Crippen LogP contribution in [0.3, 0.4) is 0 Å². The summed E-state index contributed by atoms with van der Waals surface area (Å²) in [5, 5.41) is 100. The van der Waals surface area contributed by atoms with E-state index in [9.17, 15) is 60.0 Å². The molecular formula is C47H80O18. The van der Waals surface area contributed by atoms with Crippen molar-refractivity contribution < 1.29 is 88.5 Å². The maximum absolute atomic E-state index is 13.7. The number of methoxy groups -OCH3 is 1. The Morgan fingerprint density at radius 3 is 1.26 bits per heavy atom. The van der Waals surface area contributed by atoms with Gasteiger partial charge in [0.15, 0.2) is 29.7 Å². The van der Waals surface area contributed by atoms with Gasteiger partial charge in [-0.15, -0.1) is 0 Å². The van der Waals surface area contributed by atoms with Crippen LogP contribution in [0, 0.1) is 16.2 Å². The first-order valence-corrected chi connectivity index (χ1v) is 22.1. The second-order valence-electron chi connectivity index (χ2n) is 23.7. The molecule has 8 N–H and O–H groups in total. The van der Waals surface area contributed by atoms with Crippen molar-refractivity contribution in [2.75, 3.05) is 7.11 Å². The van der Waals surface area contributed by atoms with Crippen LogP contribution in [0.4, 0.5) is 0 Å². The zero-order valence-corrected chi connectivity index (χ0v) is 42.5.